The number of benzene rings is 1. The molecule has 0 spiro atoms. The number of hydrogen-bond donors (Lipinski definition) is 1. The smallest absolute Gasteiger partial charge is 0.220 e. The SMILES string of the molecule is C[C@H](NC(=O)CCc1cscn1)c1ccc(-c2cccnc2)cc1. The molecule has 2 heterocycles. The van der Waals surface area contributed by atoms with Crippen molar-refractivity contribution in [3.63, 3.8) is 0 Å². The molecule has 0 bridgehead atoms. The Morgan fingerprint density at radius 3 is 2.71 bits per heavy atom. The van der Waals surface area contributed by atoms with Crippen molar-refractivity contribution in [2.75, 3.05) is 0 Å². The Morgan fingerprint density at radius 2 is 2.04 bits per heavy atom. The largest absolute Gasteiger partial charge is 0.350 e. The van der Waals surface area contributed by atoms with Gasteiger partial charge in [-0.2, -0.15) is 0 Å². The molecule has 3 aromatic rings. The van der Waals surface area contributed by atoms with E-state index in [1.165, 1.54) is 0 Å². The summed E-state index contributed by atoms with van der Waals surface area (Å²) in [5.74, 6) is 0.0480. The maximum atomic E-state index is 12.1. The van der Waals surface area contributed by atoms with Crippen molar-refractivity contribution >= 4 is 17.2 Å². The number of rotatable bonds is 6. The highest BCUT2D eigenvalue weighted by Gasteiger charge is 2.10. The standard InChI is InChI=1S/C19H19N3OS/c1-14(22-19(23)9-8-18-12-24-13-21-18)15-4-6-16(7-5-15)17-3-2-10-20-11-17/h2-7,10-14H,8-9H2,1H3,(H,22,23)/t14-/m0/s1. The second-order valence-corrected chi connectivity index (χ2v) is 6.35. The van der Waals surface area contributed by atoms with Gasteiger partial charge in [0.05, 0.1) is 17.2 Å². The van der Waals surface area contributed by atoms with Gasteiger partial charge in [-0.05, 0) is 36.1 Å². The Bertz CT molecular complexity index is 770. The van der Waals surface area contributed by atoms with Gasteiger partial charge in [0, 0.05) is 24.2 Å². The molecule has 0 saturated heterocycles. The summed E-state index contributed by atoms with van der Waals surface area (Å²) in [4.78, 5) is 20.4. The van der Waals surface area contributed by atoms with Crippen LogP contribution in [0.1, 0.15) is 30.6 Å². The van der Waals surface area contributed by atoms with Gasteiger partial charge in [-0.1, -0.05) is 30.3 Å². The van der Waals surface area contributed by atoms with Gasteiger partial charge in [-0.3, -0.25) is 9.78 Å². The lowest BCUT2D eigenvalue weighted by molar-refractivity contribution is -0.121. The van der Waals surface area contributed by atoms with Crippen LogP contribution in [-0.2, 0) is 11.2 Å². The van der Waals surface area contributed by atoms with Gasteiger partial charge in [0.2, 0.25) is 5.91 Å². The van der Waals surface area contributed by atoms with Crippen molar-refractivity contribution in [2.24, 2.45) is 0 Å². The van der Waals surface area contributed by atoms with E-state index in [0.29, 0.717) is 12.8 Å². The van der Waals surface area contributed by atoms with Crippen LogP contribution in [0.4, 0.5) is 0 Å². The molecular formula is C19H19N3OS. The molecule has 1 aromatic carbocycles. The number of nitrogens with one attached hydrogen (secondary N) is 1. The van der Waals surface area contributed by atoms with Crippen LogP contribution in [-0.4, -0.2) is 15.9 Å². The zero-order chi connectivity index (χ0) is 16.8. The van der Waals surface area contributed by atoms with Gasteiger partial charge in [0.15, 0.2) is 0 Å². The van der Waals surface area contributed by atoms with E-state index in [0.717, 1.165) is 22.4 Å². The summed E-state index contributed by atoms with van der Waals surface area (Å²) in [5.41, 5.74) is 6.06. The van der Waals surface area contributed by atoms with E-state index in [1.54, 1.807) is 23.0 Å². The van der Waals surface area contributed by atoms with E-state index < -0.39 is 0 Å². The number of aromatic nitrogens is 2. The summed E-state index contributed by atoms with van der Waals surface area (Å²) >= 11 is 1.55. The lowest BCUT2D eigenvalue weighted by atomic mass is 10.0. The van der Waals surface area contributed by atoms with Crippen molar-refractivity contribution in [1.82, 2.24) is 15.3 Å². The third-order valence-electron chi connectivity index (χ3n) is 3.87. The van der Waals surface area contributed by atoms with E-state index >= 15 is 0 Å². The molecule has 3 rings (SSSR count). The maximum Gasteiger partial charge on any atom is 0.220 e. The molecule has 5 heteroatoms. The minimum atomic E-state index is -0.0177. The lowest BCUT2D eigenvalue weighted by Gasteiger charge is -2.15. The van der Waals surface area contributed by atoms with Crippen LogP contribution in [0, 0.1) is 0 Å². The Hall–Kier alpha value is -2.53. The fourth-order valence-corrected chi connectivity index (χ4v) is 3.09. The van der Waals surface area contributed by atoms with Gasteiger partial charge >= 0.3 is 0 Å². The van der Waals surface area contributed by atoms with Gasteiger partial charge < -0.3 is 5.32 Å². The van der Waals surface area contributed by atoms with Crippen LogP contribution in [0.25, 0.3) is 11.1 Å². The molecule has 0 aliphatic heterocycles. The number of nitrogens with zero attached hydrogens (tertiary/aromatic N) is 2. The first-order valence-electron chi connectivity index (χ1n) is 7.89. The van der Waals surface area contributed by atoms with Crippen molar-refractivity contribution in [1.29, 1.82) is 0 Å². The zero-order valence-corrected chi connectivity index (χ0v) is 14.3. The summed E-state index contributed by atoms with van der Waals surface area (Å²) in [5, 5.41) is 5.02. The number of thiazole rings is 1. The van der Waals surface area contributed by atoms with Crippen molar-refractivity contribution in [3.8, 4) is 11.1 Å². The predicted molar refractivity (Wildman–Crippen MR) is 96.7 cm³/mol. The molecule has 1 N–H and O–H groups in total. The van der Waals surface area contributed by atoms with Crippen molar-refractivity contribution < 1.29 is 4.79 Å². The fourth-order valence-electron chi connectivity index (χ4n) is 2.50. The third kappa shape index (κ3) is 4.26. The summed E-state index contributed by atoms with van der Waals surface area (Å²) in [6, 6.07) is 12.2. The van der Waals surface area contributed by atoms with Crippen LogP contribution in [0.3, 0.4) is 0 Å². The molecule has 0 aliphatic carbocycles. The van der Waals surface area contributed by atoms with Gasteiger partial charge in [0.25, 0.3) is 0 Å². The first-order chi connectivity index (χ1) is 11.7. The normalized spacial score (nSPS) is 11.9. The van der Waals surface area contributed by atoms with Crippen LogP contribution >= 0.6 is 11.3 Å². The van der Waals surface area contributed by atoms with Gasteiger partial charge in [0.1, 0.15) is 0 Å². The van der Waals surface area contributed by atoms with Gasteiger partial charge in [-0.25, -0.2) is 4.98 Å². The number of amides is 1. The molecule has 0 fully saturated rings. The average Bonchev–Trinajstić information content (AvgIpc) is 3.14. The Balaban J connectivity index is 1.56. The summed E-state index contributed by atoms with van der Waals surface area (Å²) < 4.78 is 0. The van der Waals surface area contributed by atoms with E-state index in [-0.39, 0.29) is 11.9 Å². The molecule has 24 heavy (non-hydrogen) atoms. The summed E-state index contributed by atoms with van der Waals surface area (Å²) in [7, 11) is 0. The van der Waals surface area contributed by atoms with Crippen LogP contribution in [0.5, 0.6) is 0 Å². The number of hydrogen-bond acceptors (Lipinski definition) is 4. The fraction of sp³-hybridized carbons (Fsp3) is 0.211. The van der Waals surface area contributed by atoms with E-state index in [1.807, 2.05) is 42.8 Å². The molecule has 0 unspecified atom stereocenters. The first-order valence-corrected chi connectivity index (χ1v) is 8.83. The number of aryl methyl sites for hydroxylation is 1. The van der Waals surface area contributed by atoms with Crippen LogP contribution in [0.2, 0.25) is 0 Å². The minimum absolute atomic E-state index is 0.0177. The zero-order valence-electron chi connectivity index (χ0n) is 13.5. The second-order valence-electron chi connectivity index (χ2n) is 5.63. The maximum absolute atomic E-state index is 12.1. The molecule has 1 amide bonds. The Kier molecular flexibility index (Phi) is 5.33. The summed E-state index contributed by atoms with van der Waals surface area (Å²) in [6.07, 6.45) is 4.75. The lowest BCUT2D eigenvalue weighted by Crippen LogP contribution is -2.26. The third-order valence-corrected chi connectivity index (χ3v) is 4.51. The quantitative estimate of drug-likeness (QED) is 0.739. The predicted octanol–water partition coefficient (Wildman–Crippen LogP) is 4.02. The monoisotopic (exact) mass is 337 g/mol. The molecule has 2 aromatic heterocycles. The number of pyridine rings is 1. The van der Waals surface area contributed by atoms with E-state index in [9.17, 15) is 4.79 Å². The molecule has 0 radical (unpaired) electrons. The summed E-state index contributed by atoms with van der Waals surface area (Å²) in [6.45, 7) is 2.00. The molecule has 0 saturated carbocycles. The van der Waals surface area contributed by atoms with Crippen molar-refractivity contribution in [2.45, 2.75) is 25.8 Å². The number of carbonyl (C=O) groups is 1. The molecule has 122 valence electrons. The first kappa shape index (κ1) is 16.3. The number of carbonyl (C=O) groups excluding carboxylic acids is 1. The topological polar surface area (TPSA) is 54.9 Å². The molecular weight excluding hydrogens is 318 g/mol. The van der Waals surface area contributed by atoms with Crippen LogP contribution < -0.4 is 5.32 Å². The molecule has 1 atom stereocenters. The molecule has 0 aliphatic rings. The highest BCUT2D eigenvalue weighted by Crippen LogP contribution is 2.21. The second kappa shape index (κ2) is 7.84. The Morgan fingerprint density at radius 1 is 1.21 bits per heavy atom. The van der Waals surface area contributed by atoms with Gasteiger partial charge in [-0.15, -0.1) is 11.3 Å². The highest BCUT2D eigenvalue weighted by molar-refractivity contribution is 7.07. The Labute approximate surface area is 145 Å². The molecule has 4 nitrogen and oxygen atoms in total. The minimum Gasteiger partial charge on any atom is -0.350 e. The van der Waals surface area contributed by atoms with E-state index in [2.05, 4.69) is 27.4 Å². The van der Waals surface area contributed by atoms with E-state index in [4.69, 9.17) is 0 Å². The van der Waals surface area contributed by atoms with Crippen LogP contribution in [0.15, 0.2) is 59.7 Å². The highest BCUT2D eigenvalue weighted by atomic mass is 32.1. The van der Waals surface area contributed by atoms with Crippen molar-refractivity contribution in [3.05, 3.63) is 70.9 Å². The average molecular weight is 337 g/mol.